The summed E-state index contributed by atoms with van der Waals surface area (Å²) in [7, 11) is 3.30. The maximum absolute atomic E-state index is 13.4. The number of ether oxygens (including phenoxy) is 2. The van der Waals surface area contributed by atoms with Crippen LogP contribution in [0.4, 0.5) is 0 Å². The standard InChI is InChI=1S/C32H42N6O3/c1-6-27(31-34-35-36-38(31)26-10-8-7-9-11-26)37(15-14-23-12-13-28(40-4)29(18-23)41-5)20-25-19-24-17-21(2)16-22(3)30(24)33-32(25)39/h12-13,16-19,26-27H,6-11,14-15,20H2,1-5H3,(H,33,39)/t27-/m0/s1. The maximum Gasteiger partial charge on any atom is 0.252 e. The van der Waals surface area contributed by atoms with E-state index in [-0.39, 0.29) is 11.6 Å². The summed E-state index contributed by atoms with van der Waals surface area (Å²) in [5, 5.41) is 14.2. The predicted molar refractivity (Wildman–Crippen MR) is 161 cm³/mol. The number of methoxy groups -OCH3 is 2. The van der Waals surface area contributed by atoms with Crippen LogP contribution in [0.15, 0.2) is 41.2 Å². The minimum Gasteiger partial charge on any atom is -0.493 e. The SMILES string of the molecule is CC[C@@H](c1nnnn1C1CCCCC1)N(CCc1ccc(OC)c(OC)c1)Cc1cc2cc(C)cc(C)c2[nH]c1=O. The number of aryl methyl sites for hydroxylation is 2. The number of pyridine rings is 1. The van der Waals surface area contributed by atoms with Crippen LogP contribution in [-0.2, 0) is 13.0 Å². The van der Waals surface area contributed by atoms with Gasteiger partial charge in [0.2, 0.25) is 0 Å². The normalized spacial score (nSPS) is 15.0. The van der Waals surface area contributed by atoms with Gasteiger partial charge in [0.1, 0.15) is 0 Å². The van der Waals surface area contributed by atoms with Gasteiger partial charge in [-0.2, -0.15) is 0 Å². The van der Waals surface area contributed by atoms with Crippen molar-refractivity contribution in [2.45, 2.75) is 84.3 Å². The van der Waals surface area contributed by atoms with Crippen molar-refractivity contribution in [1.82, 2.24) is 30.1 Å². The highest BCUT2D eigenvalue weighted by Gasteiger charge is 2.29. The van der Waals surface area contributed by atoms with Crippen LogP contribution in [0.1, 0.15) is 85.6 Å². The second-order valence-electron chi connectivity index (χ2n) is 11.3. The summed E-state index contributed by atoms with van der Waals surface area (Å²) in [4.78, 5) is 18.9. The first kappa shape index (κ1) is 28.8. The number of benzene rings is 2. The molecule has 0 radical (unpaired) electrons. The van der Waals surface area contributed by atoms with Crippen LogP contribution in [0.2, 0.25) is 0 Å². The lowest BCUT2D eigenvalue weighted by Crippen LogP contribution is -2.35. The number of nitrogens with zero attached hydrogens (tertiary/aromatic N) is 5. The third-order valence-electron chi connectivity index (χ3n) is 8.44. The van der Waals surface area contributed by atoms with E-state index >= 15 is 0 Å². The van der Waals surface area contributed by atoms with E-state index in [1.165, 1.54) is 24.8 Å². The molecule has 9 nitrogen and oxygen atoms in total. The Hall–Kier alpha value is -3.72. The number of H-pyrrole nitrogens is 1. The monoisotopic (exact) mass is 558 g/mol. The van der Waals surface area contributed by atoms with Crippen LogP contribution < -0.4 is 15.0 Å². The fourth-order valence-corrected chi connectivity index (χ4v) is 6.33. The van der Waals surface area contributed by atoms with Gasteiger partial charge < -0.3 is 14.5 Å². The van der Waals surface area contributed by atoms with Gasteiger partial charge >= 0.3 is 0 Å². The molecule has 5 rings (SSSR count). The van der Waals surface area contributed by atoms with Crippen molar-refractivity contribution in [1.29, 1.82) is 0 Å². The Morgan fingerprint density at radius 2 is 1.83 bits per heavy atom. The van der Waals surface area contributed by atoms with E-state index in [0.717, 1.165) is 65.6 Å². The third kappa shape index (κ3) is 6.30. The van der Waals surface area contributed by atoms with E-state index in [0.29, 0.717) is 24.1 Å². The van der Waals surface area contributed by atoms with Crippen molar-refractivity contribution in [3.05, 3.63) is 74.8 Å². The summed E-state index contributed by atoms with van der Waals surface area (Å²) < 4.78 is 13.1. The van der Waals surface area contributed by atoms with Crippen LogP contribution in [0.5, 0.6) is 11.5 Å². The van der Waals surface area contributed by atoms with Crippen molar-refractivity contribution in [3.63, 3.8) is 0 Å². The van der Waals surface area contributed by atoms with E-state index in [4.69, 9.17) is 9.47 Å². The van der Waals surface area contributed by atoms with E-state index in [1.807, 2.05) is 19.1 Å². The van der Waals surface area contributed by atoms with Crippen LogP contribution in [0, 0.1) is 13.8 Å². The second kappa shape index (κ2) is 12.9. The van der Waals surface area contributed by atoms with Gasteiger partial charge in [-0.05, 0) is 90.7 Å². The molecule has 1 fully saturated rings. The number of nitrogens with one attached hydrogen (secondary N) is 1. The van der Waals surface area contributed by atoms with Gasteiger partial charge in [0.25, 0.3) is 5.56 Å². The molecule has 0 unspecified atom stereocenters. The fourth-order valence-electron chi connectivity index (χ4n) is 6.33. The Balaban J connectivity index is 1.50. The van der Waals surface area contributed by atoms with Gasteiger partial charge in [0.05, 0.1) is 31.8 Å². The van der Waals surface area contributed by atoms with Gasteiger partial charge in [-0.25, -0.2) is 4.68 Å². The molecule has 0 amide bonds. The zero-order chi connectivity index (χ0) is 28.9. The number of rotatable bonds is 11. The molecule has 9 heteroatoms. The predicted octanol–water partition coefficient (Wildman–Crippen LogP) is 5.85. The van der Waals surface area contributed by atoms with E-state index in [9.17, 15) is 4.79 Å². The van der Waals surface area contributed by atoms with Crippen LogP contribution >= 0.6 is 0 Å². The van der Waals surface area contributed by atoms with Crippen LogP contribution in [0.25, 0.3) is 10.9 Å². The number of fused-ring (bicyclic) bond motifs is 1. The molecule has 1 aliphatic rings. The Bertz CT molecular complexity index is 1540. The number of hydrogen-bond donors (Lipinski definition) is 1. The Kier molecular flexibility index (Phi) is 9.03. The minimum atomic E-state index is -0.0534. The van der Waals surface area contributed by atoms with Crippen molar-refractivity contribution < 1.29 is 9.47 Å². The van der Waals surface area contributed by atoms with Crippen LogP contribution in [0.3, 0.4) is 0 Å². The van der Waals surface area contributed by atoms with Crippen molar-refractivity contribution in [2.75, 3.05) is 20.8 Å². The zero-order valence-electron chi connectivity index (χ0n) is 24.9. The summed E-state index contributed by atoms with van der Waals surface area (Å²) >= 11 is 0. The summed E-state index contributed by atoms with van der Waals surface area (Å²) in [6.45, 7) is 7.51. The van der Waals surface area contributed by atoms with Crippen LogP contribution in [-0.4, -0.2) is 50.9 Å². The highest BCUT2D eigenvalue weighted by molar-refractivity contribution is 5.82. The molecule has 2 aromatic heterocycles. The molecule has 218 valence electrons. The molecule has 1 saturated carbocycles. The Labute approximate surface area is 241 Å². The summed E-state index contributed by atoms with van der Waals surface area (Å²) in [5.74, 6) is 2.30. The molecular formula is C32H42N6O3. The molecule has 4 aromatic rings. The molecule has 2 heterocycles. The molecule has 41 heavy (non-hydrogen) atoms. The molecule has 0 bridgehead atoms. The maximum atomic E-state index is 13.4. The minimum absolute atomic E-state index is 0.0404. The van der Waals surface area contributed by atoms with Gasteiger partial charge in [-0.1, -0.05) is 43.9 Å². The Morgan fingerprint density at radius 1 is 1.05 bits per heavy atom. The lowest BCUT2D eigenvalue weighted by atomic mass is 9.95. The first-order valence-corrected chi connectivity index (χ1v) is 14.8. The highest BCUT2D eigenvalue weighted by Crippen LogP contribution is 2.33. The smallest absolute Gasteiger partial charge is 0.252 e. The molecule has 1 atom stereocenters. The highest BCUT2D eigenvalue weighted by atomic mass is 16.5. The molecule has 1 N–H and O–H groups in total. The van der Waals surface area contributed by atoms with Gasteiger partial charge in [0, 0.05) is 18.7 Å². The summed E-state index contributed by atoms with van der Waals surface area (Å²) in [5.41, 5.74) is 4.97. The van der Waals surface area contributed by atoms with Gasteiger partial charge in [0.15, 0.2) is 17.3 Å². The van der Waals surface area contributed by atoms with E-state index in [1.54, 1.807) is 14.2 Å². The van der Waals surface area contributed by atoms with Crippen molar-refractivity contribution in [3.8, 4) is 11.5 Å². The average Bonchev–Trinajstić information content (AvgIpc) is 3.46. The van der Waals surface area contributed by atoms with Gasteiger partial charge in [-0.15, -0.1) is 5.10 Å². The molecule has 0 saturated heterocycles. The summed E-state index contributed by atoms with van der Waals surface area (Å²) in [6.07, 6.45) is 7.47. The number of aromatic nitrogens is 5. The lowest BCUT2D eigenvalue weighted by Gasteiger charge is -2.32. The van der Waals surface area contributed by atoms with Gasteiger partial charge in [-0.3, -0.25) is 9.69 Å². The summed E-state index contributed by atoms with van der Waals surface area (Å²) in [6, 6.07) is 12.6. The first-order valence-electron chi connectivity index (χ1n) is 14.8. The number of hydrogen-bond acceptors (Lipinski definition) is 7. The molecule has 2 aromatic carbocycles. The molecule has 1 aliphatic carbocycles. The number of tetrazole rings is 1. The van der Waals surface area contributed by atoms with E-state index in [2.05, 4.69) is 68.2 Å². The Morgan fingerprint density at radius 3 is 2.56 bits per heavy atom. The van der Waals surface area contributed by atoms with Crippen molar-refractivity contribution in [2.24, 2.45) is 0 Å². The fraction of sp³-hybridized carbons (Fsp3) is 0.500. The quantitative estimate of drug-likeness (QED) is 0.247. The lowest BCUT2D eigenvalue weighted by molar-refractivity contribution is 0.165. The molecule has 0 aliphatic heterocycles. The first-order chi connectivity index (χ1) is 19.9. The molecular weight excluding hydrogens is 516 g/mol. The molecule has 0 spiro atoms. The largest absolute Gasteiger partial charge is 0.493 e. The van der Waals surface area contributed by atoms with E-state index < -0.39 is 0 Å². The third-order valence-corrected chi connectivity index (χ3v) is 8.44. The van der Waals surface area contributed by atoms with Crippen molar-refractivity contribution >= 4 is 10.9 Å². The average molecular weight is 559 g/mol. The zero-order valence-corrected chi connectivity index (χ0v) is 24.9. The number of aromatic amines is 1. The second-order valence-corrected chi connectivity index (χ2v) is 11.3. The topological polar surface area (TPSA) is 98.2 Å².